The van der Waals surface area contributed by atoms with E-state index in [1.165, 1.54) is 6.42 Å². The molecule has 84 valence electrons. The minimum atomic E-state index is -0.694. The highest BCUT2D eigenvalue weighted by Crippen LogP contribution is 2.62. The van der Waals surface area contributed by atoms with E-state index in [0.29, 0.717) is 11.8 Å². The number of hydrogen-bond acceptors (Lipinski definition) is 2. The molecule has 0 heterocycles. The summed E-state index contributed by atoms with van der Waals surface area (Å²) in [4.78, 5) is 10.9. The van der Waals surface area contributed by atoms with Crippen LogP contribution in [-0.4, -0.2) is 21.8 Å². The van der Waals surface area contributed by atoms with Crippen LogP contribution in [0.25, 0.3) is 0 Å². The minimum Gasteiger partial charge on any atom is -0.481 e. The topological polar surface area (TPSA) is 57.5 Å². The van der Waals surface area contributed by atoms with Crippen molar-refractivity contribution >= 4 is 5.97 Å². The molecule has 4 fully saturated rings. The lowest BCUT2D eigenvalue weighted by atomic mass is 9.47. The molecular weight excluding hydrogens is 192 g/mol. The van der Waals surface area contributed by atoms with Gasteiger partial charge in [-0.3, -0.25) is 4.79 Å². The fourth-order valence-electron chi connectivity index (χ4n) is 4.93. The summed E-state index contributed by atoms with van der Waals surface area (Å²) in [5, 5.41) is 19.4. The number of rotatable bonds is 2. The van der Waals surface area contributed by atoms with Gasteiger partial charge in [-0.1, -0.05) is 0 Å². The van der Waals surface area contributed by atoms with Crippen LogP contribution in [0, 0.1) is 17.3 Å². The highest BCUT2D eigenvalue weighted by molar-refractivity contribution is 5.67. The third-order valence-corrected chi connectivity index (χ3v) is 4.68. The second kappa shape index (κ2) is 2.76. The Labute approximate surface area is 89.5 Å². The smallest absolute Gasteiger partial charge is 0.303 e. The first-order valence-electron chi connectivity index (χ1n) is 5.93. The summed E-state index contributed by atoms with van der Waals surface area (Å²) in [6.45, 7) is 0. The summed E-state index contributed by atoms with van der Waals surface area (Å²) in [5.74, 6) is 0.492. The van der Waals surface area contributed by atoms with E-state index in [-0.39, 0.29) is 11.8 Å². The molecule has 0 radical (unpaired) electrons. The molecule has 0 aromatic heterocycles. The second-order valence-corrected chi connectivity index (χ2v) is 6.26. The van der Waals surface area contributed by atoms with E-state index in [2.05, 4.69) is 0 Å². The number of carboxylic acids is 1. The number of carbonyl (C=O) groups is 1. The van der Waals surface area contributed by atoms with Gasteiger partial charge in [0, 0.05) is 0 Å². The van der Waals surface area contributed by atoms with Gasteiger partial charge in [0.2, 0.25) is 0 Å². The molecular formula is C12H18O3. The van der Waals surface area contributed by atoms with Crippen molar-refractivity contribution in [1.82, 2.24) is 0 Å². The molecule has 0 aromatic carbocycles. The van der Waals surface area contributed by atoms with Gasteiger partial charge in [0.1, 0.15) is 0 Å². The number of carboxylic acid groups (broad SMARTS) is 1. The van der Waals surface area contributed by atoms with Gasteiger partial charge in [-0.05, 0) is 55.8 Å². The molecule has 15 heavy (non-hydrogen) atoms. The third kappa shape index (κ3) is 1.48. The lowest BCUT2D eigenvalue weighted by Gasteiger charge is -2.60. The van der Waals surface area contributed by atoms with Gasteiger partial charge in [-0.25, -0.2) is 0 Å². The zero-order valence-corrected chi connectivity index (χ0v) is 8.91. The van der Waals surface area contributed by atoms with E-state index in [1.807, 2.05) is 0 Å². The number of aliphatic carboxylic acids is 1. The Hall–Kier alpha value is -0.570. The van der Waals surface area contributed by atoms with Crippen LogP contribution >= 0.6 is 0 Å². The van der Waals surface area contributed by atoms with E-state index in [1.54, 1.807) is 0 Å². The molecule has 0 spiro atoms. The molecule has 0 aromatic rings. The Kier molecular flexibility index (Phi) is 1.77. The Balaban J connectivity index is 1.89. The van der Waals surface area contributed by atoms with E-state index in [0.717, 1.165) is 32.1 Å². The fraction of sp³-hybridized carbons (Fsp3) is 0.917. The van der Waals surface area contributed by atoms with Gasteiger partial charge in [-0.15, -0.1) is 0 Å². The van der Waals surface area contributed by atoms with Gasteiger partial charge in [0.05, 0.1) is 12.0 Å². The van der Waals surface area contributed by atoms with Crippen LogP contribution in [-0.2, 0) is 4.79 Å². The molecule has 0 amide bonds. The first kappa shape index (κ1) is 9.64. The van der Waals surface area contributed by atoms with Crippen LogP contribution in [0.4, 0.5) is 0 Å². The van der Waals surface area contributed by atoms with E-state index in [4.69, 9.17) is 5.11 Å². The van der Waals surface area contributed by atoms with Gasteiger partial charge in [0.25, 0.3) is 0 Å². The van der Waals surface area contributed by atoms with Crippen LogP contribution in [0.3, 0.4) is 0 Å². The van der Waals surface area contributed by atoms with Crippen LogP contribution in [0.2, 0.25) is 0 Å². The molecule has 4 aliphatic rings. The number of hydrogen-bond donors (Lipinski definition) is 2. The molecule has 2 N–H and O–H groups in total. The predicted molar refractivity (Wildman–Crippen MR) is 54.3 cm³/mol. The van der Waals surface area contributed by atoms with Gasteiger partial charge in [-0.2, -0.15) is 0 Å². The monoisotopic (exact) mass is 210 g/mol. The Morgan fingerprint density at radius 3 is 2.27 bits per heavy atom. The zero-order chi connectivity index (χ0) is 10.7. The van der Waals surface area contributed by atoms with Crippen LogP contribution in [0.1, 0.15) is 44.9 Å². The average molecular weight is 210 g/mol. The molecule has 3 heteroatoms. The molecule has 4 rings (SSSR count). The van der Waals surface area contributed by atoms with Crippen molar-refractivity contribution in [2.45, 2.75) is 50.5 Å². The lowest BCUT2D eigenvalue weighted by molar-refractivity contribution is -0.174. The van der Waals surface area contributed by atoms with Crippen molar-refractivity contribution in [2.75, 3.05) is 0 Å². The molecule has 2 atom stereocenters. The van der Waals surface area contributed by atoms with Crippen molar-refractivity contribution < 1.29 is 15.0 Å². The molecule has 3 nitrogen and oxygen atoms in total. The Morgan fingerprint density at radius 1 is 1.20 bits per heavy atom. The Bertz CT molecular complexity index is 296. The molecule has 0 unspecified atom stereocenters. The summed E-state index contributed by atoms with van der Waals surface area (Å²) >= 11 is 0. The van der Waals surface area contributed by atoms with E-state index < -0.39 is 11.6 Å². The maximum Gasteiger partial charge on any atom is 0.303 e. The zero-order valence-electron chi connectivity index (χ0n) is 8.91. The van der Waals surface area contributed by atoms with Gasteiger partial charge < -0.3 is 10.2 Å². The standard InChI is InChI=1S/C12H18O3/c13-10(14)6-11-2-8-1-9(3-11)5-12(15,4-8)7-11/h8-9,15H,1-7H2,(H,13,14)/t8-,9-,11?,12?/m0/s1. The van der Waals surface area contributed by atoms with E-state index in [9.17, 15) is 9.90 Å². The fourth-order valence-corrected chi connectivity index (χ4v) is 4.93. The van der Waals surface area contributed by atoms with Gasteiger partial charge in [0.15, 0.2) is 0 Å². The highest BCUT2D eigenvalue weighted by atomic mass is 16.4. The summed E-state index contributed by atoms with van der Waals surface area (Å²) < 4.78 is 0. The largest absolute Gasteiger partial charge is 0.481 e. The maximum atomic E-state index is 10.9. The SMILES string of the molecule is O=C(O)CC12C[C@@H]3C[C@H](CC(O)(C3)C1)C2. The molecule has 4 aliphatic carbocycles. The predicted octanol–water partition coefficient (Wildman–Crippen LogP) is 1.79. The van der Waals surface area contributed by atoms with E-state index >= 15 is 0 Å². The number of aliphatic hydroxyl groups is 1. The van der Waals surface area contributed by atoms with Crippen LogP contribution in [0.15, 0.2) is 0 Å². The summed E-state index contributed by atoms with van der Waals surface area (Å²) in [6.07, 6.45) is 6.15. The lowest BCUT2D eigenvalue weighted by Crippen LogP contribution is -2.56. The minimum absolute atomic E-state index is 0.0648. The van der Waals surface area contributed by atoms with Crippen LogP contribution < -0.4 is 0 Å². The second-order valence-electron chi connectivity index (χ2n) is 6.26. The van der Waals surface area contributed by atoms with Crippen molar-refractivity contribution in [3.8, 4) is 0 Å². The maximum absolute atomic E-state index is 10.9. The third-order valence-electron chi connectivity index (χ3n) is 4.68. The molecule has 0 saturated heterocycles. The van der Waals surface area contributed by atoms with Crippen molar-refractivity contribution in [1.29, 1.82) is 0 Å². The van der Waals surface area contributed by atoms with Crippen LogP contribution in [0.5, 0.6) is 0 Å². The van der Waals surface area contributed by atoms with Crippen molar-refractivity contribution in [2.24, 2.45) is 17.3 Å². The molecule has 4 bridgehead atoms. The van der Waals surface area contributed by atoms with Crippen molar-refractivity contribution in [3.63, 3.8) is 0 Å². The van der Waals surface area contributed by atoms with Crippen molar-refractivity contribution in [3.05, 3.63) is 0 Å². The first-order chi connectivity index (χ1) is 6.99. The molecule has 0 aliphatic heterocycles. The summed E-state index contributed by atoms with van der Waals surface area (Å²) in [6, 6.07) is 0. The normalized spacial score (nSPS) is 52.1. The highest BCUT2D eigenvalue weighted by Gasteiger charge is 2.57. The Morgan fingerprint density at radius 2 is 1.80 bits per heavy atom. The quantitative estimate of drug-likeness (QED) is 0.730. The van der Waals surface area contributed by atoms with Gasteiger partial charge >= 0.3 is 5.97 Å². The summed E-state index contributed by atoms with van der Waals surface area (Å²) in [7, 11) is 0. The first-order valence-corrected chi connectivity index (χ1v) is 5.93. The molecule has 4 saturated carbocycles. The summed E-state index contributed by atoms with van der Waals surface area (Å²) in [5.41, 5.74) is -0.579. The average Bonchev–Trinajstić information content (AvgIpc) is 1.94.